The molecule has 9 nitrogen and oxygen atoms in total. The molecule has 0 atom stereocenters. The third kappa shape index (κ3) is 10.6. The number of carboxylic acid groups (broad SMARTS) is 2. The summed E-state index contributed by atoms with van der Waals surface area (Å²) >= 11 is 0. The van der Waals surface area contributed by atoms with E-state index in [4.69, 9.17) is 46.8 Å². The lowest BCUT2D eigenvalue weighted by atomic mass is 10.0. The third-order valence-electron chi connectivity index (χ3n) is 4.01. The predicted molar refractivity (Wildman–Crippen MR) is 131 cm³/mol. The minimum atomic E-state index is -0.833. The van der Waals surface area contributed by atoms with Crippen molar-refractivity contribution in [2.45, 2.75) is 20.5 Å². The minimum absolute atomic E-state index is 0.0199. The number of carboxylic acids is 2. The van der Waals surface area contributed by atoms with E-state index in [1.165, 1.54) is 0 Å². The van der Waals surface area contributed by atoms with E-state index in [2.05, 4.69) is 6.07 Å². The highest BCUT2D eigenvalue weighted by molar-refractivity contribution is 5.95. The number of benzene rings is 3. The van der Waals surface area contributed by atoms with E-state index in [9.17, 15) is 0 Å². The van der Waals surface area contributed by atoms with Crippen molar-refractivity contribution in [2.24, 2.45) is 11.5 Å². The highest BCUT2D eigenvalue weighted by Crippen LogP contribution is 2.22. The molecule has 34 heavy (non-hydrogen) atoms. The van der Waals surface area contributed by atoms with E-state index in [0.29, 0.717) is 23.5 Å². The average Bonchev–Trinajstić information content (AvgIpc) is 2.77. The van der Waals surface area contributed by atoms with Crippen molar-refractivity contribution in [1.29, 1.82) is 10.8 Å². The van der Waals surface area contributed by atoms with Gasteiger partial charge in [-0.05, 0) is 34.9 Å². The fourth-order valence-electron chi connectivity index (χ4n) is 2.60. The number of nitrogens with one attached hydrogen (secondary N) is 2. The summed E-state index contributed by atoms with van der Waals surface area (Å²) in [6.45, 7) is 2.58. The molecular weight excluding hydrogens is 436 g/mol. The van der Waals surface area contributed by atoms with Gasteiger partial charge in [0.1, 0.15) is 24.0 Å². The number of ether oxygens (including phenoxy) is 1. The van der Waals surface area contributed by atoms with Crippen LogP contribution in [-0.4, -0.2) is 33.8 Å². The maximum atomic E-state index is 9.00. The highest BCUT2D eigenvalue weighted by atomic mass is 16.5. The molecule has 0 aliphatic heterocycles. The number of hydrogen-bond donors (Lipinski definition) is 6. The van der Waals surface area contributed by atoms with Crippen molar-refractivity contribution in [2.75, 3.05) is 0 Å². The van der Waals surface area contributed by atoms with Gasteiger partial charge in [0.25, 0.3) is 11.9 Å². The minimum Gasteiger partial charge on any atom is -0.489 e. The molecule has 0 saturated carbocycles. The van der Waals surface area contributed by atoms with Crippen LogP contribution in [0.4, 0.5) is 0 Å². The summed E-state index contributed by atoms with van der Waals surface area (Å²) < 4.78 is 5.83. The zero-order valence-corrected chi connectivity index (χ0v) is 18.9. The highest BCUT2D eigenvalue weighted by Gasteiger charge is 2.03. The smallest absolute Gasteiger partial charge is 0.300 e. The Hall–Kier alpha value is -4.66. The molecule has 0 radical (unpaired) electrons. The molecule has 0 aliphatic carbocycles. The van der Waals surface area contributed by atoms with Gasteiger partial charge in [-0.25, -0.2) is 0 Å². The number of nitrogen functional groups attached to an aromatic ring is 2. The van der Waals surface area contributed by atoms with Gasteiger partial charge < -0.3 is 26.4 Å². The van der Waals surface area contributed by atoms with Gasteiger partial charge in [0.2, 0.25) is 0 Å². The lowest BCUT2D eigenvalue weighted by Crippen LogP contribution is -2.10. The molecule has 0 unspecified atom stereocenters. The first-order valence-corrected chi connectivity index (χ1v) is 9.99. The Morgan fingerprint density at radius 3 is 1.82 bits per heavy atom. The quantitative estimate of drug-likeness (QED) is 0.237. The van der Waals surface area contributed by atoms with Crippen LogP contribution in [0.1, 0.15) is 30.5 Å². The standard InChI is InChI=1S/C21H20N4O.2C2H4O2/c22-20(23)16-9-7-15(8-10-16)17-4-1-3-14(11-17)13-26-19-6-2-5-18(12-19)21(24)25;2*1-2(3)4/h1-12H,13H2,(H3,22,23)(H3,24,25);2*1H3,(H,3,4). The number of hydrogen-bond acceptors (Lipinski definition) is 5. The van der Waals surface area contributed by atoms with Crippen molar-refractivity contribution in [3.05, 3.63) is 89.5 Å². The molecule has 0 heterocycles. The molecule has 178 valence electrons. The Morgan fingerprint density at radius 2 is 1.29 bits per heavy atom. The number of amidine groups is 2. The SMILES string of the molecule is CC(=O)O.CC(=O)O.N=C(N)c1ccc(-c2cccc(COc3cccc(C(=N)N)c3)c2)cc1. The summed E-state index contributed by atoms with van der Waals surface area (Å²) in [5, 5.41) is 29.8. The maximum absolute atomic E-state index is 9.00. The number of rotatable bonds is 6. The lowest BCUT2D eigenvalue weighted by Gasteiger charge is -2.10. The van der Waals surface area contributed by atoms with Crippen LogP contribution in [0.25, 0.3) is 11.1 Å². The maximum Gasteiger partial charge on any atom is 0.300 e. The van der Waals surface area contributed by atoms with Gasteiger partial charge >= 0.3 is 0 Å². The molecule has 3 aromatic carbocycles. The molecule has 0 amide bonds. The molecule has 0 saturated heterocycles. The molecule has 9 heteroatoms. The van der Waals surface area contributed by atoms with Gasteiger partial charge in [0, 0.05) is 25.0 Å². The van der Waals surface area contributed by atoms with Crippen LogP contribution < -0.4 is 16.2 Å². The summed E-state index contributed by atoms with van der Waals surface area (Å²) in [5.74, 6) is -0.910. The van der Waals surface area contributed by atoms with Crippen molar-refractivity contribution >= 4 is 23.6 Å². The first-order chi connectivity index (χ1) is 16.0. The second-order valence-electron chi connectivity index (χ2n) is 6.96. The van der Waals surface area contributed by atoms with Gasteiger partial charge in [-0.15, -0.1) is 0 Å². The molecule has 0 fully saturated rings. The van der Waals surface area contributed by atoms with Crippen LogP contribution in [0.3, 0.4) is 0 Å². The lowest BCUT2D eigenvalue weighted by molar-refractivity contribution is -0.135. The van der Waals surface area contributed by atoms with E-state index in [1.54, 1.807) is 12.1 Å². The van der Waals surface area contributed by atoms with Crippen LogP contribution in [0, 0.1) is 10.8 Å². The summed E-state index contributed by atoms with van der Waals surface area (Å²) in [4.78, 5) is 18.0. The number of nitrogens with two attached hydrogens (primary N) is 2. The van der Waals surface area contributed by atoms with Crippen molar-refractivity contribution in [1.82, 2.24) is 0 Å². The van der Waals surface area contributed by atoms with Gasteiger partial charge in [0.05, 0.1) is 0 Å². The van der Waals surface area contributed by atoms with Crippen molar-refractivity contribution in [3.8, 4) is 16.9 Å². The van der Waals surface area contributed by atoms with Crippen molar-refractivity contribution < 1.29 is 24.5 Å². The fraction of sp³-hybridized carbons (Fsp3) is 0.120. The van der Waals surface area contributed by atoms with E-state index in [0.717, 1.165) is 30.5 Å². The molecule has 3 aromatic rings. The summed E-state index contributed by atoms with van der Waals surface area (Å²) in [6, 6.07) is 22.9. The van der Waals surface area contributed by atoms with E-state index >= 15 is 0 Å². The van der Waals surface area contributed by atoms with E-state index in [1.807, 2.05) is 54.6 Å². The van der Waals surface area contributed by atoms with Gasteiger partial charge in [-0.3, -0.25) is 20.4 Å². The number of aliphatic carboxylic acids is 2. The van der Waals surface area contributed by atoms with Gasteiger partial charge in [0.15, 0.2) is 0 Å². The predicted octanol–water partition coefficient (Wildman–Crippen LogP) is 3.68. The summed E-state index contributed by atoms with van der Waals surface area (Å²) in [6.07, 6.45) is 0. The zero-order chi connectivity index (χ0) is 25.7. The van der Waals surface area contributed by atoms with Gasteiger partial charge in [-0.2, -0.15) is 0 Å². The van der Waals surface area contributed by atoms with Crippen LogP contribution >= 0.6 is 0 Å². The molecule has 0 spiro atoms. The molecular formula is C25H28N4O5. The Bertz CT molecular complexity index is 1120. The molecule has 0 aromatic heterocycles. The number of carbonyl (C=O) groups is 2. The molecule has 0 bridgehead atoms. The Balaban J connectivity index is 0.000000629. The molecule has 8 N–H and O–H groups in total. The molecule has 0 aliphatic rings. The van der Waals surface area contributed by atoms with Crippen molar-refractivity contribution in [3.63, 3.8) is 0 Å². The molecule has 3 rings (SSSR count). The summed E-state index contributed by atoms with van der Waals surface area (Å²) in [5.41, 5.74) is 15.5. The van der Waals surface area contributed by atoms with Gasteiger partial charge in [-0.1, -0.05) is 54.6 Å². The van der Waals surface area contributed by atoms with E-state index < -0.39 is 11.9 Å². The van der Waals surface area contributed by atoms with Crippen LogP contribution in [0.15, 0.2) is 72.8 Å². The monoisotopic (exact) mass is 464 g/mol. The zero-order valence-electron chi connectivity index (χ0n) is 18.9. The Labute approximate surface area is 197 Å². The first-order valence-electron chi connectivity index (χ1n) is 9.99. The van der Waals surface area contributed by atoms with Crippen LogP contribution in [0.5, 0.6) is 5.75 Å². The average molecular weight is 465 g/mol. The van der Waals surface area contributed by atoms with Crippen LogP contribution in [0.2, 0.25) is 0 Å². The Morgan fingerprint density at radius 1 is 0.765 bits per heavy atom. The second kappa shape index (κ2) is 13.7. The fourth-order valence-corrected chi connectivity index (χ4v) is 2.60. The summed E-state index contributed by atoms with van der Waals surface area (Å²) in [7, 11) is 0. The second-order valence-corrected chi connectivity index (χ2v) is 6.96. The Kier molecular flexibility index (Phi) is 11.0. The largest absolute Gasteiger partial charge is 0.489 e. The topological polar surface area (TPSA) is 184 Å². The van der Waals surface area contributed by atoms with Crippen LogP contribution in [-0.2, 0) is 16.2 Å². The van der Waals surface area contributed by atoms with E-state index in [-0.39, 0.29) is 11.7 Å². The third-order valence-corrected chi connectivity index (χ3v) is 4.01. The first kappa shape index (κ1) is 27.4. The normalized spacial score (nSPS) is 9.35.